The number of hydrogen-bond donors (Lipinski definition) is 2. The van der Waals surface area contributed by atoms with Gasteiger partial charge in [-0.25, -0.2) is 18.9 Å². The first-order valence-corrected chi connectivity index (χ1v) is 11.9. The highest BCUT2D eigenvalue weighted by atomic mass is 31.1. The number of halogens is 3. The fourth-order valence-corrected chi connectivity index (χ4v) is 4.38. The number of esters is 1. The van der Waals surface area contributed by atoms with Crippen LogP contribution in [-0.2, 0) is 23.4 Å². The molecule has 0 radical (unpaired) electrons. The molecule has 12 nitrogen and oxygen atoms in total. The van der Waals surface area contributed by atoms with Gasteiger partial charge < -0.3 is 24.0 Å². The molecule has 0 spiro atoms. The standard InChI is InChI=1S/C19H28F3N6O6P/c1-9(2)33-14(29)10(3)26-35(31)32-7-19(22)15(30)18(4,21)16(34-19)28-8-23-11-12(27(5)6)24-17(20)25-13(11)28/h8-10,15-16,30,35H,7H2,1-6H3,(H,26,31)/t10-,15-,16+,18+,19+/m0/s1. The number of carbonyl (C=O) groups excluding carboxylic acids is 1. The maximum absolute atomic E-state index is 15.6. The molecule has 1 aliphatic rings. The van der Waals surface area contributed by atoms with E-state index in [2.05, 4.69) is 20.0 Å². The summed E-state index contributed by atoms with van der Waals surface area (Å²) in [4.78, 5) is 24.6. The number of aliphatic hydroxyl groups is 1. The average Bonchev–Trinajstić information content (AvgIpc) is 3.24. The van der Waals surface area contributed by atoms with Crippen LogP contribution in [0.3, 0.4) is 0 Å². The predicted octanol–water partition coefficient (Wildman–Crippen LogP) is 1.65. The van der Waals surface area contributed by atoms with Crippen molar-refractivity contribution in [2.75, 3.05) is 25.6 Å². The lowest BCUT2D eigenvalue weighted by Gasteiger charge is -2.25. The van der Waals surface area contributed by atoms with Gasteiger partial charge in [0.15, 0.2) is 35.0 Å². The minimum Gasteiger partial charge on any atom is -0.462 e. The Labute approximate surface area is 199 Å². The molecule has 1 saturated heterocycles. The van der Waals surface area contributed by atoms with Gasteiger partial charge >= 0.3 is 12.0 Å². The predicted molar refractivity (Wildman–Crippen MR) is 118 cm³/mol. The van der Waals surface area contributed by atoms with Gasteiger partial charge in [-0.15, -0.1) is 0 Å². The van der Waals surface area contributed by atoms with Crippen molar-refractivity contribution < 1.29 is 41.6 Å². The minimum absolute atomic E-state index is 0.0921. The van der Waals surface area contributed by atoms with Gasteiger partial charge in [0.25, 0.3) is 14.0 Å². The second kappa shape index (κ2) is 9.97. The zero-order valence-electron chi connectivity index (χ0n) is 20.0. The molecule has 196 valence electrons. The number of hydrogen-bond acceptors (Lipinski definition) is 10. The van der Waals surface area contributed by atoms with E-state index in [1.807, 2.05) is 0 Å². The van der Waals surface area contributed by atoms with Crippen molar-refractivity contribution in [2.24, 2.45) is 0 Å². The van der Waals surface area contributed by atoms with E-state index >= 15 is 8.78 Å². The van der Waals surface area contributed by atoms with E-state index in [9.17, 15) is 18.9 Å². The third-order valence-corrected chi connectivity index (χ3v) is 6.30. The van der Waals surface area contributed by atoms with Crippen LogP contribution in [0.15, 0.2) is 6.33 Å². The maximum atomic E-state index is 15.6. The van der Waals surface area contributed by atoms with Gasteiger partial charge in [0.2, 0.25) is 0 Å². The van der Waals surface area contributed by atoms with Crippen molar-refractivity contribution in [3.05, 3.63) is 12.4 Å². The van der Waals surface area contributed by atoms with Crippen LogP contribution in [0.25, 0.3) is 11.2 Å². The van der Waals surface area contributed by atoms with Crippen LogP contribution in [0.1, 0.15) is 33.9 Å². The molecule has 1 aliphatic heterocycles. The molecule has 0 amide bonds. The Hall–Kier alpha value is -2.32. The summed E-state index contributed by atoms with van der Waals surface area (Å²) in [7, 11) is -0.0636. The second-order valence-electron chi connectivity index (χ2n) is 8.77. The van der Waals surface area contributed by atoms with E-state index in [1.54, 1.807) is 27.9 Å². The smallest absolute Gasteiger partial charge is 0.323 e. The summed E-state index contributed by atoms with van der Waals surface area (Å²) in [5.74, 6) is -3.76. The molecular formula is C19H28F3N6O6P. The Bertz CT molecular complexity index is 1120. The summed E-state index contributed by atoms with van der Waals surface area (Å²) in [5.41, 5.74) is -2.86. The topological polar surface area (TPSA) is 141 Å². The Morgan fingerprint density at radius 2 is 2.03 bits per heavy atom. The normalized spacial score (nSPS) is 28.4. The van der Waals surface area contributed by atoms with Crippen LogP contribution in [0.5, 0.6) is 0 Å². The van der Waals surface area contributed by atoms with E-state index in [-0.39, 0.29) is 17.0 Å². The van der Waals surface area contributed by atoms with Crippen molar-refractivity contribution in [3.63, 3.8) is 0 Å². The van der Waals surface area contributed by atoms with Crippen LogP contribution in [0.2, 0.25) is 0 Å². The highest BCUT2D eigenvalue weighted by molar-refractivity contribution is 7.36. The van der Waals surface area contributed by atoms with Gasteiger partial charge in [-0.1, -0.05) is 0 Å². The highest BCUT2D eigenvalue weighted by Crippen LogP contribution is 2.49. The van der Waals surface area contributed by atoms with Crippen LogP contribution >= 0.6 is 8.18 Å². The van der Waals surface area contributed by atoms with Crippen LogP contribution in [0, 0.1) is 6.08 Å². The third kappa shape index (κ3) is 5.43. The molecule has 2 N–H and O–H groups in total. The summed E-state index contributed by atoms with van der Waals surface area (Å²) in [6.07, 6.45) is -4.71. The van der Waals surface area contributed by atoms with Crippen LogP contribution in [-0.4, -0.2) is 81.1 Å². The van der Waals surface area contributed by atoms with Crippen molar-refractivity contribution in [2.45, 2.75) is 63.7 Å². The number of aromatic nitrogens is 4. The Morgan fingerprint density at radius 1 is 1.37 bits per heavy atom. The number of nitrogens with one attached hydrogen (secondary N) is 1. The number of fused-ring (bicyclic) bond motifs is 1. The largest absolute Gasteiger partial charge is 0.462 e. The fraction of sp³-hybridized carbons (Fsp3) is 0.684. The Morgan fingerprint density at radius 3 is 2.63 bits per heavy atom. The number of aliphatic hydroxyl groups excluding tert-OH is 1. The van der Waals surface area contributed by atoms with E-state index in [0.29, 0.717) is 0 Å². The monoisotopic (exact) mass is 524 g/mol. The number of anilines is 1. The van der Waals surface area contributed by atoms with Crippen molar-refractivity contribution >= 4 is 31.1 Å². The zero-order chi connectivity index (χ0) is 26.3. The lowest BCUT2D eigenvalue weighted by molar-refractivity contribution is -0.201. The number of rotatable bonds is 9. The summed E-state index contributed by atoms with van der Waals surface area (Å²) < 4.78 is 73.3. The number of carbonyl (C=O) groups is 1. The summed E-state index contributed by atoms with van der Waals surface area (Å²) in [6.45, 7) is 4.37. The molecule has 3 rings (SSSR count). The zero-order valence-corrected chi connectivity index (χ0v) is 21.0. The minimum atomic E-state index is -3.23. The van der Waals surface area contributed by atoms with E-state index in [1.165, 1.54) is 11.8 Å². The maximum Gasteiger partial charge on any atom is 0.323 e. The lowest BCUT2D eigenvalue weighted by atomic mass is 9.97. The van der Waals surface area contributed by atoms with Crippen molar-refractivity contribution in [1.29, 1.82) is 0 Å². The molecule has 0 saturated carbocycles. The average molecular weight is 524 g/mol. The van der Waals surface area contributed by atoms with E-state index in [4.69, 9.17) is 14.0 Å². The molecule has 0 aromatic carbocycles. The third-order valence-electron chi connectivity index (χ3n) is 5.23. The molecule has 3 heterocycles. The molecule has 2 aromatic heterocycles. The summed E-state index contributed by atoms with van der Waals surface area (Å²) in [6, 6.07) is -1.04. The highest BCUT2D eigenvalue weighted by Gasteiger charge is 2.65. The van der Waals surface area contributed by atoms with Gasteiger partial charge in [0.05, 0.1) is 12.4 Å². The van der Waals surface area contributed by atoms with Gasteiger partial charge in [0.1, 0.15) is 12.6 Å². The molecule has 6 atom stereocenters. The molecular weight excluding hydrogens is 496 g/mol. The molecule has 0 aliphatic carbocycles. The summed E-state index contributed by atoms with van der Waals surface area (Å²) in [5, 5.41) is 12.7. The number of nitrogens with zero attached hydrogens (tertiary/aromatic N) is 5. The summed E-state index contributed by atoms with van der Waals surface area (Å²) >= 11 is 0. The van der Waals surface area contributed by atoms with Crippen molar-refractivity contribution in [1.82, 2.24) is 24.6 Å². The van der Waals surface area contributed by atoms with E-state index in [0.717, 1.165) is 17.8 Å². The fourth-order valence-electron chi connectivity index (χ4n) is 3.50. The molecule has 0 bridgehead atoms. The van der Waals surface area contributed by atoms with Crippen LogP contribution < -0.4 is 9.99 Å². The number of alkyl halides is 2. The molecule has 1 unspecified atom stereocenters. The first kappa shape index (κ1) is 27.3. The van der Waals surface area contributed by atoms with Gasteiger partial charge in [-0.3, -0.25) is 13.9 Å². The van der Waals surface area contributed by atoms with Crippen LogP contribution in [0.4, 0.5) is 19.0 Å². The van der Waals surface area contributed by atoms with Gasteiger partial charge in [0, 0.05) is 14.1 Å². The Balaban J connectivity index is 1.79. The molecule has 35 heavy (non-hydrogen) atoms. The molecule has 1 fully saturated rings. The van der Waals surface area contributed by atoms with Crippen molar-refractivity contribution in [3.8, 4) is 0 Å². The Kier molecular flexibility index (Phi) is 7.77. The SMILES string of the molecule is CC(C)OC(=O)[C@H](C)N[PH](=O)OC[C@@]1(F)O[C@@H](n2cnc3c(N(C)C)nc(F)nc32)[C@](C)(F)[C@@H]1O. The molecule has 16 heteroatoms. The first-order valence-electron chi connectivity index (χ1n) is 10.6. The van der Waals surface area contributed by atoms with Gasteiger partial charge in [-0.2, -0.15) is 14.4 Å². The lowest BCUT2D eigenvalue weighted by Crippen LogP contribution is -2.46. The van der Waals surface area contributed by atoms with Gasteiger partial charge in [-0.05, 0) is 27.7 Å². The quantitative estimate of drug-likeness (QED) is 0.281. The van der Waals surface area contributed by atoms with E-state index < -0.39 is 62.8 Å². The molecule has 2 aromatic rings. The first-order chi connectivity index (χ1) is 16.2. The number of imidazole rings is 1. The second-order valence-corrected chi connectivity index (χ2v) is 9.92. The number of ether oxygens (including phenoxy) is 2.